The molecule has 4 rings (SSSR count). The maximum atomic E-state index is 13.1. The van der Waals surface area contributed by atoms with E-state index in [0.717, 1.165) is 11.3 Å². The van der Waals surface area contributed by atoms with Crippen LogP contribution in [0, 0.1) is 0 Å². The van der Waals surface area contributed by atoms with E-state index in [1.54, 1.807) is 18.7 Å². The summed E-state index contributed by atoms with van der Waals surface area (Å²) < 4.78 is 12.7. The predicted molar refractivity (Wildman–Crippen MR) is 128 cm³/mol. The molecule has 0 saturated carbocycles. The number of nitrogens with one attached hydrogen (secondary N) is 2. The number of benzene rings is 1. The Morgan fingerprint density at radius 1 is 1.26 bits per heavy atom. The highest BCUT2D eigenvalue weighted by molar-refractivity contribution is 5.83. The normalized spacial score (nSPS) is 22.8. The van der Waals surface area contributed by atoms with Gasteiger partial charge in [-0.1, -0.05) is 12.1 Å². The number of carbonyl (C=O) groups excluding carboxylic acids is 1. The molecule has 3 heterocycles. The molecule has 2 aromatic heterocycles. The Balaban J connectivity index is 1.51. The van der Waals surface area contributed by atoms with Gasteiger partial charge in [-0.05, 0) is 31.2 Å². The van der Waals surface area contributed by atoms with Crippen molar-refractivity contribution in [2.45, 2.75) is 36.9 Å². The fourth-order valence-electron chi connectivity index (χ4n) is 4.25. The Hall–Kier alpha value is -3.32. The highest BCUT2D eigenvalue weighted by atomic mass is 16.5. The molecule has 12 nitrogen and oxygen atoms in total. The smallest absolute Gasteiger partial charge is 0.237 e. The summed E-state index contributed by atoms with van der Waals surface area (Å²) in [6, 6.07) is 6.06. The first-order valence-electron chi connectivity index (χ1n) is 11.3. The molecule has 0 spiro atoms. The zero-order valence-corrected chi connectivity index (χ0v) is 20.1. The lowest BCUT2D eigenvalue weighted by atomic mass is 10.0. The van der Waals surface area contributed by atoms with Crippen LogP contribution < -0.4 is 20.3 Å². The number of ether oxygens (including phenoxy) is 2. The Labute approximate surface area is 202 Å². The second kappa shape index (κ2) is 10.5. The molecule has 0 radical (unpaired) electrons. The summed E-state index contributed by atoms with van der Waals surface area (Å²) >= 11 is 0. The summed E-state index contributed by atoms with van der Waals surface area (Å²) in [5, 5.41) is 26.9. The van der Waals surface area contributed by atoms with E-state index in [0.29, 0.717) is 23.4 Å². The highest BCUT2D eigenvalue weighted by Crippen LogP contribution is 2.32. The molecule has 12 heteroatoms. The standard InChI is InChI=1S/C23H31N7O5/c1-24-15(9-13-5-7-14(34-4)8-6-13)22(33)28-17-16(10-31)35-23(19(17)32)30-12-27-18-20(29(2)3)25-11-26-21(18)30/h5-8,11-12,15-17,19,23-24,31-32H,9-10H2,1-4H3,(H,28,33)/t15?,16-,17?,19?,23-/m0/s1. The maximum Gasteiger partial charge on any atom is 0.237 e. The number of carbonyl (C=O) groups is 1. The molecule has 4 N–H and O–H groups in total. The average molecular weight is 486 g/mol. The number of amides is 1. The van der Waals surface area contributed by atoms with Crippen molar-refractivity contribution >= 4 is 22.9 Å². The molecule has 5 atom stereocenters. The lowest BCUT2D eigenvalue weighted by Gasteiger charge is -2.24. The van der Waals surface area contributed by atoms with Crippen LogP contribution in [0.1, 0.15) is 11.8 Å². The van der Waals surface area contributed by atoms with E-state index in [1.807, 2.05) is 43.3 Å². The van der Waals surface area contributed by atoms with Crippen LogP contribution in [0.4, 0.5) is 5.82 Å². The van der Waals surface area contributed by atoms with Crippen LogP contribution in [0.3, 0.4) is 0 Å². The van der Waals surface area contributed by atoms with Gasteiger partial charge in [0.05, 0.1) is 32.1 Å². The number of methoxy groups -OCH3 is 1. The fourth-order valence-corrected chi connectivity index (χ4v) is 4.25. The van der Waals surface area contributed by atoms with E-state index in [9.17, 15) is 15.0 Å². The average Bonchev–Trinajstić information content (AvgIpc) is 3.43. The number of fused-ring (bicyclic) bond motifs is 1. The molecule has 1 aliphatic rings. The second-order valence-electron chi connectivity index (χ2n) is 8.58. The number of aliphatic hydroxyl groups is 2. The van der Waals surface area contributed by atoms with Crippen molar-refractivity contribution in [2.75, 3.05) is 39.8 Å². The van der Waals surface area contributed by atoms with Gasteiger partial charge in [0.15, 0.2) is 23.2 Å². The van der Waals surface area contributed by atoms with E-state index in [1.165, 1.54) is 12.7 Å². The molecule has 35 heavy (non-hydrogen) atoms. The molecule has 3 unspecified atom stereocenters. The molecule has 3 aromatic rings. The fraction of sp³-hybridized carbons (Fsp3) is 0.478. The zero-order valence-electron chi connectivity index (χ0n) is 20.1. The van der Waals surface area contributed by atoms with Crippen LogP contribution in [0.15, 0.2) is 36.9 Å². The summed E-state index contributed by atoms with van der Waals surface area (Å²) in [7, 11) is 6.99. The monoisotopic (exact) mass is 485 g/mol. The van der Waals surface area contributed by atoms with Gasteiger partial charge in [-0.3, -0.25) is 9.36 Å². The van der Waals surface area contributed by atoms with E-state index in [2.05, 4.69) is 25.6 Å². The molecule has 1 fully saturated rings. The minimum atomic E-state index is -1.15. The van der Waals surface area contributed by atoms with Crippen LogP contribution in [0.2, 0.25) is 0 Å². The van der Waals surface area contributed by atoms with Gasteiger partial charge < -0.3 is 35.2 Å². The number of rotatable bonds is 9. The Kier molecular flexibility index (Phi) is 7.45. The number of imidazole rings is 1. The van der Waals surface area contributed by atoms with Crippen LogP contribution in [0.5, 0.6) is 5.75 Å². The van der Waals surface area contributed by atoms with Crippen molar-refractivity contribution in [3.8, 4) is 5.75 Å². The molecule has 1 amide bonds. The predicted octanol–water partition coefficient (Wildman–Crippen LogP) is -0.533. The first-order valence-corrected chi connectivity index (χ1v) is 11.3. The topological polar surface area (TPSA) is 147 Å². The number of hydrogen-bond acceptors (Lipinski definition) is 10. The van der Waals surface area contributed by atoms with E-state index >= 15 is 0 Å². The second-order valence-corrected chi connectivity index (χ2v) is 8.58. The van der Waals surface area contributed by atoms with E-state index in [4.69, 9.17) is 9.47 Å². The first kappa shape index (κ1) is 24.8. The lowest BCUT2D eigenvalue weighted by molar-refractivity contribution is -0.124. The van der Waals surface area contributed by atoms with Gasteiger partial charge in [-0.15, -0.1) is 0 Å². The van der Waals surface area contributed by atoms with E-state index < -0.39 is 30.5 Å². The van der Waals surface area contributed by atoms with Crippen molar-refractivity contribution < 1.29 is 24.5 Å². The summed E-state index contributed by atoms with van der Waals surface area (Å²) in [6.45, 7) is -0.383. The SMILES string of the molecule is CNC(Cc1ccc(OC)cc1)C(=O)NC1C(O)[C@@H](n2cnc3c(N(C)C)ncnc32)O[C@H]1CO. The van der Waals surface area contributed by atoms with Crippen molar-refractivity contribution in [3.05, 3.63) is 42.5 Å². The largest absolute Gasteiger partial charge is 0.497 e. The third kappa shape index (κ3) is 4.91. The van der Waals surface area contributed by atoms with Crippen molar-refractivity contribution in [2.24, 2.45) is 0 Å². The van der Waals surface area contributed by atoms with Crippen LogP contribution >= 0.6 is 0 Å². The molecular formula is C23H31N7O5. The Morgan fingerprint density at radius 2 is 2.00 bits per heavy atom. The lowest BCUT2D eigenvalue weighted by Crippen LogP contribution is -2.54. The number of nitrogens with zero attached hydrogens (tertiary/aromatic N) is 5. The molecular weight excluding hydrogens is 454 g/mol. The van der Waals surface area contributed by atoms with Crippen molar-refractivity contribution in [3.63, 3.8) is 0 Å². The van der Waals surface area contributed by atoms with Gasteiger partial charge in [0.1, 0.15) is 24.3 Å². The Morgan fingerprint density at radius 3 is 2.63 bits per heavy atom. The summed E-state index contributed by atoms with van der Waals surface area (Å²) in [5.74, 6) is 1.04. The number of hydrogen-bond donors (Lipinski definition) is 4. The molecule has 1 aromatic carbocycles. The van der Waals surface area contributed by atoms with E-state index in [-0.39, 0.29) is 12.5 Å². The molecule has 0 aliphatic carbocycles. The minimum absolute atomic E-state index is 0.317. The number of aromatic nitrogens is 4. The molecule has 1 aliphatic heterocycles. The molecule has 1 saturated heterocycles. The van der Waals surface area contributed by atoms with Gasteiger partial charge in [-0.25, -0.2) is 15.0 Å². The van der Waals surface area contributed by atoms with Crippen LogP contribution in [-0.2, 0) is 16.0 Å². The molecule has 0 bridgehead atoms. The van der Waals surface area contributed by atoms with Gasteiger partial charge in [0, 0.05) is 14.1 Å². The summed E-state index contributed by atoms with van der Waals surface area (Å²) in [5.41, 5.74) is 1.97. The number of aliphatic hydroxyl groups excluding tert-OH is 2. The molecule has 188 valence electrons. The quantitative estimate of drug-likeness (QED) is 0.312. The van der Waals surface area contributed by atoms with Gasteiger partial charge in [0.25, 0.3) is 0 Å². The number of anilines is 1. The maximum absolute atomic E-state index is 13.1. The van der Waals surface area contributed by atoms with Gasteiger partial charge in [0.2, 0.25) is 5.91 Å². The third-order valence-corrected chi connectivity index (χ3v) is 6.16. The van der Waals surface area contributed by atoms with Crippen molar-refractivity contribution in [1.29, 1.82) is 0 Å². The van der Waals surface area contributed by atoms with Crippen molar-refractivity contribution in [1.82, 2.24) is 30.2 Å². The van der Waals surface area contributed by atoms with Crippen LogP contribution in [0.25, 0.3) is 11.2 Å². The third-order valence-electron chi connectivity index (χ3n) is 6.16. The van der Waals surface area contributed by atoms with Gasteiger partial charge in [-0.2, -0.15) is 0 Å². The summed E-state index contributed by atoms with van der Waals surface area (Å²) in [4.78, 5) is 27.9. The van der Waals surface area contributed by atoms with Gasteiger partial charge >= 0.3 is 0 Å². The zero-order chi connectivity index (χ0) is 25.1. The minimum Gasteiger partial charge on any atom is -0.497 e. The first-order chi connectivity index (χ1) is 16.9. The highest BCUT2D eigenvalue weighted by Gasteiger charge is 2.46. The summed E-state index contributed by atoms with van der Waals surface area (Å²) in [6.07, 6.45) is 0.492. The Bertz CT molecular complexity index is 1150. The van der Waals surface area contributed by atoms with Crippen LogP contribution in [-0.4, -0.2) is 94.8 Å². The number of likely N-dealkylation sites (N-methyl/N-ethyl adjacent to an activating group) is 1.